The normalized spacial score (nSPS) is 13.9. The van der Waals surface area contributed by atoms with Crippen LogP contribution in [0.3, 0.4) is 0 Å². The van der Waals surface area contributed by atoms with Gasteiger partial charge in [0.25, 0.3) is 0 Å². The molecule has 1 nitrogen and oxygen atoms in total. The monoisotopic (exact) mass is 515 g/mol. The molecule has 5 aromatic rings. The molecule has 0 atom stereocenters. The molecule has 1 heterocycles. The van der Waals surface area contributed by atoms with E-state index in [4.69, 9.17) is 0 Å². The summed E-state index contributed by atoms with van der Waals surface area (Å²) in [6.45, 7) is 4.38. The van der Waals surface area contributed by atoms with E-state index in [1.165, 1.54) is 72.0 Å². The van der Waals surface area contributed by atoms with E-state index in [2.05, 4.69) is 146 Å². The van der Waals surface area contributed by atoms with Gasteiger partial charge in [0.2, 0.25) is 0 Å². The Kier molecular flexibility index (Phi) is 6.21. The Morgan fingerprint density at radius 3 is 2.42 bits per heavy atom. The summed E-state index contributed by atoms with van der Waals surface area (Å²) < 4.78 is 2.39. The summed E-state index contributed by atoms with van der Waals surface area (Å²) in [4.78, 5) is 0. The van der Waals surface area contributed by atoms with Crippen molar-refractivity contribution < 1.29 is 0 Å². The number of hydrogen-bond donors (Lipinski definition) is 0. The van der Waals surface area contributed by atoms with Crippen molar-refractivity contribution in [2.45, 2.75) is 33.1 Å². The lowest BCUT2D eigenvalue weighted by Crippen LogP contribution is -2.29. The van der Waals surface area contributed by atoms with Crippen molar-refractivity contribution in [3.05, 3.63) is 148 Å². The maximum Gasteiger partial charge on any atom is 0.0491 e. The molecule has 0 saturated carbocycles. The minimum atomic E-state index is 1.03. The molecule has 0 bridgehead atoms. The quantitative estimate of drug-likeness (QED) is 0.203. The summed E-state index contributed by atoms with van der Waals surface area (Å²) in [5.74, 6) is 0. The van der Waals surface area contributed by atoms with E-state index in [1.807, 2.05) is 0 Å². The van der Waals surface area contributed by atoms with Gasteiger partial charge in [-0.1, -0.05) is 91.0 Å². The van der Waals surface area contributed by atoms with Gasteiger partial charge in [0.15, 0.2) is 0 Å². The molecule has 2 aliphatic carbocycles. The van der Waals surface area contributed by atoms with Gasteiger partial charge in [-0.2, -0.15) is 0 Å². The third-order valence-corrected chi connectivity index (χ3v) is 8.37. The van der Waals surface area contributed by atoms with Gasteiger partial charge in [0, 0.05) is 16.7 Å². The third kappa shape index (κ3) is 4.28. The number of aryl methyl sites for hydroxylation is 1. The SMILES string of the molecule is C/C=C(\C=C/c1cc2c(n1-c1ccccc1)=CCCC=2)c1cccc(-c2cc3c(cc2C)Cc2ccccc2-3)c1. The summed E-state index contributed by atoms with van der Waals surface area (Å²) in [7, 11) is 0. The van der Waals surface area contributed by atoms with Crippen LogP contribution in [-0.4, -0.2) is 4.57 Å². The van der Waals surface area contributed by atoms with Crippen LogP contribution in [0.25, 0.3) is 51.7 Å². The van der Waals surface area contributed by atoms with E-state index in [-0.39, 0.29) is 0 Å². The van der Waals surface area contributed by atoms with Crippen LogP contribution in [0, 0.1) is 6.92 Å². The summed E-state index contributed by atoms with van der Waals surface area (Å²) in [5, 5.41) is 2.63. The smallest absolute Gasteiger partial charge is 0.0491 e. The van der Waals surface area contributed by atoms with E-state index in [0.29, 0.717) is 0 Å². The first-order chi connectivity index (χ1) is 19.7. The second kappa shape index (κ2) is 10.2. The van der Waals surface area contributed by atoms with E-state index < -0.39 is 0 Å². The molecule has 4 aromatic carbocycles. The van der Waals surface area contributed by atoms with Gasteiger partial charge < -0.3 is 4.57 Å². The fourth-order valence-electron chi connectivity index (χ4n) is 6.40. The van der Waals surface area contributed by atoms with Crippen LogP contribution in [-0.2, 0) is 6.42 Å². The highest BCUT2D eigenvalue weighted by Gasteiger charge is 2.20. The minimum Gasteiger partial charge on any atom is -0.310 e. The Morgan fingerprint density at radius 2 is 1.55 bits per heavy atom. The van der Waals surface area contributed by atoms with Gasteiger partial charge in [-0.25, -0.2) is 0 Å². The Labute approximate surface area is 236 Å². The van der Waals surface area contributed by atoms with Crippen molar-refractivity contribution in [1.29, 1.82) is 0 Å². The summed E-state index contributed by atoms with van der Waals surface area (Å²) in [5.41, 5.74) is 14.4. The van der Waals surface area contributed by atoms with Crippen molar-refractivity contribution >= 4 is 23.8 Å². The second-order valence-corrected chi connectivity index (χ2v) is 10.9. The average molecular weight is 516 g/mol. The molecule has 0 spiro atoms. The fourth-order valence-corrected chi connectivity index (χ4v) is 6.40. The Hall–Kier alpha value is -4.62. The van der Waals surface area contributed by atoms with Crippen molar-refractivity contribution in [2.24, 2.45) is 0 Å². The highest BCUT2D eigenvalue weighted by molar-refractivity contribution is 5.85. The van der Waals surface area contributed by atoms with E-state index in [1.54, 1.807) is 0 Å². The maximum absolute atomic E-state index is 2.41. The van der Waals surface area contributed by atoms with Crippen LogP contribution in [0.5, 0.6) is 0 Å². The average Bonchev–Trinajstić information content (AvgIpc) is 3.55. The van der Waals surface area contributed by atoms with Crippen LogP contribution >= 0.6 is 0 Å². The lowest BCUT2D eigenvalue weighted by molar-refractivity contribution is 0.988. The number of benzene rings is 4. The molecule has 0 unspecified atom stereocenters. The van der Waals surface area contributed by atoms with Crippen molar-refractivity contribution in [2.75, 3.05) is 0 Å². The zero-order valence-corrected chi connectivity index (χ0v) is 23.2. The first-order valence-electron chi connectivity index (χ1n) is 14.3. The first kappa shape index (κ1) is 24.4. The molecule has 194 valence electrons. The Bertz CT molecular complexity index is 1930. The highest BCUT2D eigenvalue weighted by atomic mass is 15.0. The number of nitrogens with zero attached hydrogens (tertiary/aromatic N) is 1. The third-order valence-electron chi connectivity index (χ3n) is 8.37. The van der Waals surface area contributed by atoms with Crippen LogP contribution in [0.1, 0.15) is 47.7 Å². The molecular weight excluding hydrogens is 482 g/mol. The molecule has 2 aliphatic rings. The summed E-state index contributed by atoms with van der Waals surface area (Å²) in [6, 6.07) is 35.7. The van der Waals surface area contributed by atoms with Gasteiger partial charge in [-0.3, -0.25) is 0 Å². The zero-order valence-electron chi connectivity index (χ0n) is 23.2. The zero-order chi connectivity index (χ0) is 27.1. The van der Waals surface area contributed by atoms with Crippen LogP contribution in [0.15, 0.2) is 109 Å². The number of rotatable bonds is 5. The first-order valence-corrected chi connectivity index (χ1v) is 14.3. The molecule has 0 aliphatic heterocycles. The minimum absolute atomic E-state index is 1.03. The molecule has 0 amide bonds. The summed E-state index contributed by atoms with van der Waals surface area (Å²) >= 11 is 0. The van der Waals surface area contributed by atoms with Crippen molar-refractivity contribution in [1.82, 2.24) is 4.57 Å². The standard InChI is InChI=1S/C39H33N/c1-3-28(20-21-35-25-32-13-8-10-19-39(32)40(35)34-16-5-4-6-17-34)29-14-11-15-31(23-29)37-26-38-33(22-27(37)2)24-30-12-7-9-18-36(30)38/h3-7,9,11-23,25-26H,8,10,24H2,1-2H3/b21-20-,28-3+. The molecule has 7 rings (SSSR count). The number of hydrogen-bond acceptors (Lipinski definition) is 0. The molecule has 0 fully saturated rings. The molecular formula is C39H33N. The summed E-state index contributed by atoms with van der Waals surface area (Å²) in [6.07, 6.45) is 14.7. The highest BCUT2D eigenvalue weighted by Crippen LogP contribution is 2.40. The van der Waals surface area contributed by atoms with Crippen LogP contribution in [0.2, 0.25) is 0 Å². The predicted octanol–water partition coefficient (Wildman–Crippen LogP) is 8.50. The number of aromatic nitrogens is 1. The lowest BCUT2D eigenvalue weighted by atomic mass is 9.92. The van der Waals surface area contributed by atoms with Gasteiger partial charge in [-0.05, 0) is 125 Å². The molecule has 0 N–H and O–H groups in total. The fraction of sp³-hybridized carbons (Fsp3) is 0.128. The topological polar surface area (TPSA) is 4.93 Å². The molecule has 0 radical (unpaired) electrons. The van der Waals surface area contributed by atoms with Gasteiger partial charge in [-0.15, -0.1) is 0 Å². The van der Waals surface area contributed by atoms with Crippen LogP contribution < -0.4 is 10.6 Å². The predicted molar refractivity (Wildman–Crippen MR) is 171 cm³/mol. The molecule has 1 aromatic heterocycles. The van der Waals surface area contributed by atoms with Crippen LogP contribution in [0.4, 0.5) is 0 Å². The number of allylic oxidation sites excluding steroid dienone is 3. The van der Waals surface area contributed by atoms with Gasteiger partial charge in [0.05, 0.1) is 0 Å². The van der Waals surface area contributed by atoms with Gasteiger partial charge >= 0.3 is 0 Å². The van der Waals surface area contributed by atoms with Gasteiger partial charge in [0.1, 0.15) is 0 Å². The second-order valence-electron chi connectivity index (χ2n) is 10.9. The number of fused-ring (bicyclic) bond motifs is 4. The Balaban J connectivity index is 1.26. The van der Waals surface area contributed by atoms with Crippen molar-refractivity contribution in [3.63, 3.8) is 0 Å². The molecule has 0 saturated heterocycles. The molecule has 40 heavy (non-hydrogen) atoms. The van der Waals surface area contributed by atoms with Crippen molar-refractivity contribution in [3.8, 4) is 27.9 Å². The van der Waals surface area contributed by atoms with E-state index in [9.17, 15) is 0 Å². The largest absolute Gasteiger partial charge is 0.310 e. The lowest BCUT2D eigenvalue weighted by Gasteiger charge is -2.12. The maximum atomic E-state index is 2.41. The Morgan fingerprint density at radius 1 is 0.725 bits per heavy atom. The number of para-hydroxylation sites is 1. The van der Waals surface area contributed by atoms with E-state index >= 15 is 0 Å². The van der Waals surface area contributed by atoms with E-state index in [0.717, 1.165) is 19.3 Å². The molecule has 1 heteroatoms.